The van der Waals surface area contributed by atoms with Gasteiger partial charge in [0.05, 0.1) is 18.8 Å². The Labute approximate surface area is 209 Å². The predicted octanol–water partition coefficient (Wildman–Crippen LogP) is 2.84. The molecule has 1 amide bonds. The number of hydrogen-bond donors (Lipinski definition) is 2. The van der Waals surface area contributed by atoms with E-state index in [0.29, 0.717) is 12.0 Å². The Bertz CT molecular complexity index is 976. The van der Waals surface area contributed by atoms with Crippen molar-refractivity contribution in [3.8, 4) is 0 Å². The Morgan fingerprint density at radius 2 is 1.83 bits per heavy atom. The third-order valence-electron chi connectivity index (χ3n) is 7.27. The Kier molecular flexibility index (Phi) is 8.62. The Hall–Kier alpha value is -2.65. The molecule has 192 valence electrons. The van der Waals surface area contributed by atoms with Crippen LogP contribution >= 0.6 is 0 Å². The molecular weight excluding hydrogens is 442 g/mol. The van der Waals surface area contributed by atoms with Crippen LogP contribution in [0.5, 0.6) is 0 Å². The number of nitrogens with zero attached hydrogens (tertiary/aromatic N) is 5. The predicted molar refractivity (Wildman–Crippen MR) is 139 cm³/mol. The molecular formula is C26H41N7O2. The average molecular weight is 484 g/mol. The van der Waals surface area contributed by atoms with Crippen LogP contribution in [0.4, 0.5) is 11.8 Å². The summed E-state index contributed by atoms with van der Waals surface area (Å²) >= 11 is 0. The second-order valence-corrected chi connectivity index (χ2v) is 10.0. The molecule has 0 aromatic carbocycles. The van der Waals surface area contributed by atoms with Gasteiger partial charge in [0.25, 0.3) is 5.91 Å². The van der Waals surface area contributed by atoms with Crippen LogP contribution in [0.1, 0.15) is 53.8 Å². The third-order valence-corrected chi connectivity index (χ3v) is 7.27. The number of anilines is 2. The molecule has 2 aromatic rings. The molecule has 1 aliphatic carbocycles. The van der Waals surface area contributed by atoms with E-state index < -0.39 is 0 Å². The normalized spacial score (nSPS) is 21.0. The first kappa shape index (κ1) is 25.4. The number of hydrogen-bond acceptors (Lipinski definition) is 7. The van der Waals surface area contributed by atoms with Gasteiger partial charge in [-0.25, -0.2) is 4.98 Å². The summed E-state index contributed by atoms with van der Waals surface area (Å²) in [6.07, 6.45) is 6.75. The minimum Gasteiger partial charge on any atom is -0.379 e. The van der Waals surface area contributed by atoms with Crippen LogP contribution in [0.15, 0.2) is 18.3 Å². The molecule has 3 heterocycles. The van der Waals surface area contributed by atoms with Crippen molar-refractivity contribution in [2.75, 3.05) is 57.2 Å². The first-order valence-electron chi connectivity index (χ1n) is 13.0. The smallest absolute Gasteiger partial charge is 0.253 e. The van der Waals surface area contributed by atoms with E-state index >= 15 is 0 Å². The monoisotopic (exact) mass is 483 g/mol. The highest BCUT2D eigenvalue weighted by Gasteiger charge is 2.25. The van der Waals surface area contributed by atoms with E-state index in [1.165, 1.54) is 0 Å². The number of nitrogens with one attached hydrogen (secondary N) is 2. The molecule has 1 saturated carbocycles. The molecule has 4 rings (SSSR count). The number of aromatic nitrogens is 3. The van der Waals surface area contributed by atoms with Gasteiger partial charge in [-0.3, -0.25) is 9.69 Å². The van der Waals surface area contributed by atoms with Crippen LogP contribution in [0.2, 0.25) is 0 Å². The summed E-state index contributed by atoms with van der Waals surface area (Å²) in [6, 6.07) is 4.48. The van der Waals surface area contributed by atoms with Gasteiger partial charge in [0.2, 0.25) is 5.95 Å². The first-order valence-corrected chi connectivity index (χ1v) is 13.0. The molecule has 35 heavy (non-hydrogen) atoms. The number of carbonyl (C=O) groups is 1. The Morgan fingerprint density at radius 3 is 2.54 bits per heavy atom. The fourth-order valence-electron chi connectivity index (χ4n) is 5.15. The molecule has 2 aliphatic rings. The largest absolute Gasteiger partial charge is 0.379 e. The highest BCUT2D eigenvalue weighted by atomic mass is 16.5. The number of carbonyl (C=O) groups excluding carboxylic acids is 1. The van der Waals surface area contributed by atoms with Crippen molar-refractivity contribution in [3.63, 3.8) is 0 Å². The number of amides is 1. The fraction of sp³-hybridized carbons (Fsp3) is 0.654. The standard InChI is InChI=1S/C26H41N7O2/c1-19-18-23(20(2)33(19)13-5-12-32-14-16-35-17-15-32)25(34)28-21-6-8-22(9-7-21)29-26-27-11-10-24(30-26)31(3)4/h10-11,18,21-22H,5-9,12-17H2,1-4H3,(H,28,34)(H,27,29,30)/t21-,22+. The maximum Gasteiger partial charge on any atom is 0.253 e. The lowest BCUT2D eigenvalue weighted by molar-refractivity contribution is 0.0369. The van der Waals surface area contributed by atoms with Gasteiger partial charge in [-0.2, -0.15) is 4.98 Å². The van der Waals surface area contributed by atoms with Crippen molar-refractivity contribution < 1.29 is 9.53 Å². The lowest BCUT2D eigenvalue weighted by atomic mass is 9.91. The van der Waals surface area contributed by atoms with E-state index in [1.54, 1.807) is 6.20 Å². The Balaban J connectivity index is 1.25. The summed E-state index contributed by atoms with van der Waals surface area (Å²) in [6.45, 7) is 9.89. The summed E-state index contributed by atoms with van der Waals surface area (Å²) < 4.78 is 7.73. The summed E-state index contributed by atoms with van der Waals surface area (Å²) in [7, 11) is 3.95. The maximum atomic E-state index is 13.1. The minimum absolute atomic E-state index is 0.0518. The zero-order valence-electron chi connectivity index (χ0n) is 21.7. The number of ether oxygens (including phenoxy) is 1. The second kappa shape index (κ2) is 11.9. The van der Waals surface area contributed by atoms with Crippen LogP contribution in [0.25, 0.3) is 0 Å². The molecule has 0 unspecified atom stereocenters. The van der Waals surface area contributed by atoms with Crippen LogP contribution in [0, 0.1) is 13.8 Å². The molecule has 9 heteroatoms. The van der Waals surface area contributed by atoms with Crippen LogP contribution < -0.4 is 15.5 Å². The molecule has 2 aromatic heterocycles. The summed E-state index contributed by atoms with van der Waals surface area (Å²) in [5.41, 5.74) is 3.03. The van der Waals surface area contributed by atoms with Crippen molar-refractivity contribution in [1.82, 2.24) is 24.8 Å². The van der Waals surface area contributed by atoms with Crippen LogP contribution in [-0.2, 0) is 11.3 Å². The molecule has 1 aliphatic heterocycles. The number of aryl methyl sites for hydroxylation is 1. The highest BCUT2D eigenvalue weighted by molar-refractivity contribution is 5.95. The van der Waals surface area contributed by atoms with Gasteiger partial charge in [-0.15, -0.1) is 0 Å². The van der Waals surface area contributed by atoms with Gasteiger partial charge >= 0.3 is 0 Å². The van der Waals surface area contributed by atoms with Crippen LogP contribution in [0.3, 0.4) is 0 Å². The summed E-state index contributed by atoms with van der Waals surface area (Å²) in [5.74, 6) is 1.61. The molecule has 0 radical (unpaired) electrons. The number of rotatable bonds is 9. The lowest BCUT2D eigenvalue weighted by Gasteiger charge is -2.29. The molecule has 2 fully saturated rings. The van der Waals surface area contributed by atoms with Gasteiger partial charge in [-0.1, -0.05) is 0 Å². The van der Waals surface area contributed by atoms with Gasteiger partial charge in [-0.05, 0) is 58.1 Å². The van der Waals surface area contributed by atoms with Crippen molar-refractivity contribution in [2.45, 2.75) is 64.6 Å². The van der Waals surface area contributed by atoms with E-state index in [-0.39, 0.29) is 11.9 Å². The van der Waals surface area contributed by atoms with E-state index in [0.717, 1.165) is 94.3 Å². The second-order valence-electron chi connectivity index (χ2n) is 10.0. The molecule has 2 N–H and O–H groups in total. The van der Waals surface area contributed by atoms with Gasteiger partial charge in [0.1, 0.15) is 5.82 Å². The van der Waals surface area contributed by atoms with E-state index in [2.05, 4.69) is 43.9 Å². The molecule has 0 bridgehead atoms. The van der Waals surface area contributed by atoms with E-state index in [1.807, 2.05) is 31.1 Å². The van der Waals surface area contributed by atoms with Crippen molar-refractivity contribution in [3.05, 3.63) is 35.3 Å². The highest BCUT2D eigenvalue weighted by Crippen LogP contribution is 2.23. The lowest BCUT2D eigenvalue weighted by Crippen LogP contribution is -2.40. The number of morpholine rings is 1. The third kappa shape index (κ3) is 6.73. The van der Waals surface area contributed by atoms with Crippen molar-refractivity contribution >= 4 is 17.7 Å². The SMILES string of the molecule is Cc1cc(C(=O)N[C@H]2CC[C@@H](Nc3nccc(N(C)C)n3)CC2)c(C)n1CCCN1CCOCC1. The van der Waals surface area contributed by atoms with Gasteiger partial charge < -0.3 is 24.8 Å². The quantitative estimate of drug-likeness (QED) is 0.567. The topological polar surface area (TPSA) is 87.6 Å². The zero-order valence-corrected chi connectivity index (χ0v) is 21.7. The van der Waals surface area contributed by atoms with Gasteiger partial charge in [0.15, 0.2) is 0 Å². The van der Waals surface area contributed by atoms with Crippen molar-refractivity contribution in [1.29, 1.82) is 0 Å². The van der Waals surface area contributed by atoms with E-state index in [4.69, 9.17) is 4.74 Å². The van der Waals surface area contributed by atoms with Crippen molar-refractivity contribution in [2.24, 2.45) is 0 Å². The molecule has 9 nitrogen and oxygen atoms in total. The zero-order chi connectivity index (χ0) is 24.8. The van der Waals surface area contributed by atoms with Crippen LogP contribution in [-0.4, -0.2) is 84.4 Å². The molecule has 1 saturated heterocycles. The fourth-order valence-corrected chi connectivity index (χ4v) is 5.15. The molecule has 0 spiro atoms. The van der Waals surface area contributed by atoms with Gasteiger partial charge in [0, 0.05) is 69.9 Å². The minimum atomic E-state index is 0.0518. The van der Waals surface area contributed by atoms with E-state index in [9.17, 15) is 4.79 Å². The first-order chi connectivity index (χ1) is 16.9. The summed E-state index contributed by atoms with van der Waals surface area (Å²) in [5, 5.41) is 6.76. The summed E-state index contributed by atoms with van der Waals surface area (Å²) in [4.78, 5) is 26.5. The average Bonchev–Trinajstić information content (AvgIpc) is 3.14. The maximum absolute atomic E-state index is 13.1. The molecule has 0 atom stereocenters. The Morgan fingerprint density at radius 1 is 1.11 bits per heavy atom.